The van der Waals surface area contributed by atoms with Gasteiger partial charge < -0.3 is 0 Å². The van der Waals surface area contributed by atoms with Crippen molar-refractivity contribution >= 4 is 20.2 Å². The molecule has 20 heavy (non-hydrogen) atoms. The fraction of sp³-hybridized carbons (Fsp3) is 0.500. The molecule has 0 aliphatic heterocycles. The van der Waals surface area contributed by atoms with Gasteiger partial charge in [-0.15, -0.1) is 3.89 Å². The van der Waals surface area contributed by atoms with Crippen LogP contribution in [-0.2, 0) is 20.2 Å². The summed E-state index contributed by atoms with van der Waals surface area (Å²) in [5.41, 5.74) is 0. The van der Waals surface area contributed by atoms with Crippen molar-refractivity contribution in [3.63, 3.8) is 0 Å². The third kappa shape index (κ3) is 3.77. The monoisotopic (exact) mass is 323 g/mol. The summed E-state index contributed by atoms with van der Waals surface area (Å²) in [4.78, 5) is -0.878. The van der Waals surface area contributed by atoms with E-state index in [9.17, 15) is 20.7 Å². The zero-order valence-corrected chi connectivity index (χ0v) is 13.2. The first-order chi connectivity index (χ1) is 9.10. The van der Waals surface area contributed by atoms with Gasteiger partial charge >= 0.3 is 10.2 Å². The standard InChI is InChI=1S/C12H18FNO4S2/c1-4-8-14(10(2)3)20(17,18)12-7-5-6-11(9-12)19(13,15)16/h5-7,9-10H,4,8H2,1-3H3. The first kappa shape index (κ1) is 17.1. The maximum Gasteiger partial charge on any atom is 0.332 e. The fourth-order valence-corrected chi connectivity index (χ4v) is 4.16. The van der Waals surface area contributed by atoms with Crippen LogP contribution in [0.3, 0.4) is 0 Å². The lowest BCUT2D eigenvalue weighted by Gasteiger charge is -2.25. The largest absolute Gasteiger partial charge is 0.332 e. The van der Waals surface area contributed by atoms with Crippen LogP contribution in [0.2, 0.25) is 0 Å². The highest BCUT2D eigenvalue weighted by Crippen LogP contribution is 2.22. The van der Waals surface area contributed by atoms with E-state index in [1.54, 1.807) is 13.8 Å². The molecule has 0 amide bonds. The summed E-state index contributed by atoms with van der Waals surface area (Å²) < 4.78 is 60.9. The molecule has 1 aromatic carbocycles. The van der Waals surface area contributed by atoms with E-state index in [-0.39, 0.29) is 10.9 Å². The zero-order valence-electron chi connectivity index (χ0n) is 11.6. The summed E-state index contributed by atoms with van der Waals surface area (Å²) in [6, 6.07) is 4.06. The molecule has 114 valence electrons. The maximum atomic E-state index is 13.0. The van der Waals surface area contributed by atoms with Crippen LogP contribution in [0, 0.1) is 0 Å². The molecule has 0 N–H and O–H groups in total. The van der Waals surface area contributed by atoms with Gasteiger partial charge in [-0.3, -0.25) is 0 Å². The van der Waals surface area contributed by atoms with E-state index in [0.29, 0.717) is 13.0 Å². The highest BCUT2D eigenvalue weighted by Gasteiger charge is 2.27. The van der Waals surface area contributed by atoms with Crippen LogP contribution in [0.5, 0.6) is 0 Å². The van der Waals surface area contributed by atoms with Gasteiger partial charge in [0.2, 0.25) is 10.0 Å². The molecule has 0 aromatic heterocycles. The van der Waals surface area contributed by atoms with Crippen LogP contribution in [-0.4, -0.2) is 33.7 Å². The van der Waals surface area contributed by atoms with Crippen LogP contribution in [0.1, 0.15) is 27.2 Å². The van der Waals surface area contributed by atoms with Gasteiger partial charge in [-0.1, -0.05) is 13.0 Å². The molecule has 0 aliphatic carbocycles. The fourth-order valence-electron chi connectivity index (χ4n) is 1.80. The van der Waals surface area contributed by atoms with Gasteiger partial charge in [0.1, 0.15) is 0 Å². The van der Waals surface area contributed by atoms with Crippen molar-refractivity contribution in [2.75, 3.05) is 6.54 Å². The minimum absolute atomic E-state index is 0.224. The minimum Gasteiger partial charge on any atom is -0.207 e. The van der Waals surface area contributed by atoms with E-state index in [1.165, 1.54) is 16.4 Å². The Morgan fingerprint density at radius 3 is 2.15 bits per heavy atom. The molecule has 0 atom stereocenters. The summed E-state index contributed by atoms with van der Waals surface area (Å²) >= 11 is 0. The molecule has 0 aliphatic rings. The van der Waals surface area contributed by atoms with Gasteiger partial charge in [0.25, 0.3) is 0 Å². The third-order valence-corrected chi connectivity index (χ3v) is 5.60. The van der Waals surface area contributed by atoms with Crippen LogP contribution < -0.4 is 0 Å². The number of benzene rings is 1. The molecule has 0 spiro atoms. The van der Waals surface area contributed by atoms with Gasteiger partial charge in [0.15, 0.2) is 0 Å². The maximum absolute atomic E-state index is 13.0. The lowest BCUT2D eigenvalue weighted by Crippen LogP contribution is -2.37. The average Bonchev–Trinajstić information content (AvgIpc) is 2.34. The first-order valence-corrected chi connectivity index (χ1v) is 8.99. The Bertz CT molecular complexity index is 668. The summed E-state index contributed by atoms with van der Waals surface area (Å²) in [6.07, 6.45) is 0.624. The van der Waals surface area contributed by atoms with Gasteiger partial charge in [0.05, 0.1) is 9.79 Å². The second kappa shape index (κ2) is 6.19. The second-order valence-electron chi connectivity index (χ2n) is 4.62. The Morgan fingerprint density at radius 1 is 1.15 bits per heavy atom. The SMILES string of the molecule is CCCN(C(C)C)S(=O)(=O)c1cccc(S(=O)(=O)F)c1. The molecule has 5 nitrogen and oxygen atoms in total. The number of hydrogen-bond acceptors (Lipinski definition) is 4. The Morgan fingerprint density at radius 2 is 1.70 bits per heavy atom. The predicted octanol–water partition coefficient (Wildman–Crippen LogP) is 2.15. The van der Waals surface area contributed by atoms with E-state index in [4.69, 9.17) is 0 Å². The minimum atomic E-state index is -4.93. The van der Waals surface area contributed by atoms with E-state index < -0.39 is 25.1 Å². The molecule has 0 unspecified atom stereocenters. The van der Waals surface area contributed by atoms with Crippen molar-refractivity contribution in [2.24, 2.45) is 0 Å². The average molecular weight is 323 g/mol. The van der Waals surface area contributed by atoms with Gasteiger partial charge in [-0.2, -0.15) is 12.7 Å². The molecule has 1 aromatic rings. The second-order valence-corrected chi connectivity index (χ2v) is 7.86. The molecule has 0 saturated carbocycles. The smallest absolute Gasteiger partial charge is 0.207 e. The number of halogens is 1. The number of sulfonamides is 1. The molecule has 1 rings (SSSR count). The van der Waals surface area contributed by atoms with Crippen LogP contribution in [0.15, 0.2) is 34.1 Å². The van der Waals surface area contributed by atoms with Crippen molar-refractivity contribution in [3.8, 4) is 0 Å². The summed E-state index contributed by atoms with van der Waals surface area (Å²) in [5, 5.41) is 0. The van der Waals surface area contributed by atoms with Crippen molar-refractivity contribution in [3.05, 3.63) is 24.3 Å². The Kier molecular flexibility index (Phi) is 5.28. The number of rotatable bonds is 6. The quantitative estimate of drug-likeness (QED) is 0.752. The van der Waals surface area contributed by atoms with Crippen LogP contribution in [0.4, 0.5) is 3.89 Å². The van der Waals surface area contributed by atoms with Crippen LogP contribution >= 0.6 is 0 Å². The topological polar surface area (TPSA) is 71.5 Å². The van der Waals surface area contributed by atoms with E-state index >= 15 is 0 Å². The van der Waals surface area contributed by atoms with Gasteiger partial charge in [0, 0.05) is 12.6 Å². The number of nitrogens with zero attached hydrogens (tertiary/aromatic N) is 1. The molecular weight excluding hydrogens is 305 g/mol. The van der Waals surface area contributed by atoms with E-state index in [1.807, 2.05) is 6.92 Å². The highest BCUT2D eigenvalue weighted by molar-refractivity contribution is 7.89. The van der Waals surface area contributed by atoms with E-state index in [0.717, 1.165) is 12.1 Å². The summed E-state index contributed by atoms with van der Waals surface area (Å²) in [7, 11) is -8.77. The Hall–Kier alpha value is -0.990. The highest BCUT2D eigenvalue weighted by atomic mass is 32.3. The lowest BCUT2D eigenvalue weighted by molar-refractivity contribution is 0.354. The molecule has 0 heterocycles. The number of hydrogen-bond donors (Lipinski definition) is 0. The Labute approximate surface area is 119 Å². The first-order valence-electron chi connectivity index (χ1n) is 6.17. The van der Waals surface area contributed by atoms with Crippen molar-refractivity contribution in [1.82, 2.24) is 4.31 Å². The summed E-state index contributed by atoms with van der Waals surface area (Å²) in [6.45, 7) is 5.60. The molecule has 0 radical (unpaired) electrons. The lowest BCUT2D eigenvalue weighted by atomic mass is 10.4. The molecule has 0 saturated heterocycles. The predicted molar refractivity (Wildman–Crippen MR) is 74.1 cm³/mol. The van der Waals surface area contributed by atoms with Crippen molar-refractivity contribution in [1.29, 1.82) is 0 Å². The van der Waals surface area contributed by atoms with E-state index in [2.05, 4.69) is 0 Å². The van der Waals surface area contributed by atoms with Crippen molar-refractivity contribution in [2.45, 2.75) is 43.0 Å². The summed E-state index contributed by atoms with van der Waals surface area (Å²) in [5.74, 6) is 0. The van der Waals surface area contributed by atoms with Gasteiger partial charge in [-0.25, -0.2) is 8.42 Å². The molecule has 0 fully saturated rings. The molecular formula is C12H18FNO4S2. The third-order valence-electron chi connectivity index (χ3n) is 2.71. The molecule has 8 heteroatoms. The van der Waals surface area contributed by atoms with Crippen LogP contribution in [0.25, 0.3) is 0 Å². The Balaban J connectivity index is 3.35. The molecule has 0 bridgehead atoms. The van der Waals surface area contributed by atoms with Crippen molar-refractivity contribution < 1.29 is 20.7 Å². The normalized spacial score (nSPS) is 13.1. The van der Waals surface area contributed by atoms with Gasteiger partial charge in [-0.05, 0) is 38.5 Å². The zero-order chi connectivity index (χ0) is 15.6.